The molecule has 0 atom stereocenters. The molecule has 1 amide bonds. The van der Waals surface area contributed by atoms with Crippen molar-refractivity contribution < 1.29 is 9.53 Å². The number of para-hydroxylation sites is 2. The van der Waals surface area contributed by atoms with Crippen LogP contribution in [0.1, 0.15) is 13.8 Å². The molecule has 3 aromatic rings. The van der Waals surface area contributed by atoms with Crippen molar-refractivity contribution in [2.24, 2.45) is 5.41 Å². The number of methoxy groups -OCH3 is 1. The van der Waals surface area contributed by atoms with Gasteiger partial charge in [0.2, 0.25) is 5.91 Å². The number of nitrogens with zero attached hydrogens (tertiary/aromatic N) is 1. The van der Waals surface area contributed by atoms with Gasteiger partial charge in [-0.1, -0.05) is 24.3 Å². The van der Waals surface area contributed by atoms with E-state index in [1.54, 1.807) is 7.11 Å². The van der Waals surface area contributed by atoms with Crippen molar-refractivity contribution in [1.29, 1.82) is 0 Å². The Balaban J connectivity index is 1.77. The van der Waals surface area contributed by atoms with Crippen molar-refractivity contribution in [2.45, 2.75) is 13.8 Å². The van der Waals surface area contributed by atoms with Crippen molar-refractivity contribution in [3.63, 3.8) is 0 Å². The van der Waals surface area contributed by atoms with E-state index < -0.39 is 5.41 Å². The molecule has 1 heterocycles. The van der Waals surface area contributed by atoms with Gasteiger partial charge in [-0.25, -0.2) is 4.98 Å². The summed E-state index contributed by atoms with van der Waals surface area (Å²) in [5, 5.41) is 8.95. The van der Waals surface area contributed by atoms with Gasteiger partial charge < -0.3 is 15.4 Å². The van der Waals surface area contributed by atoms with Crippen LogP contribution in [0.4, 0.5) is 16.5 Å². The van der Waals surface area contributed by atoms with Gasteiger partial charge in [0.1, 0.15) is 5.75 Å². The number of hydrogen-bond donors (Lipinski definition) is 2. The SMILES string of the molecule is COc1ccccc1Nc1nc(-c2cccc(NC(=O)C(C)(C)CCl)c2)cs1. The number of carbonyl (C=O) groups excluding carboxylic acids is 1. The molecule has 0 aliphatic rings. The van der Waals surface area contributed by atoms with Gasteiger partial charge in [0.15, 0.2) is 5.13 Å². The number of thiazole rings is 1. The van der Waals surface area contributed by atoms with Crippen molar-refractivity contribution in [3.05, 3.63) is 53.9 Å². The van der Waals surface area contributed by atoms with E-state index in [4.69, 9.17) is 16.3 Å². The predicted molar refractivity (Wildman–Crippen MR) is 117 cm³/mol. The van der Waals surface area contributed by atoms with Crippen LogP contribution in [0.25, 0.3) is 11.3 Å². The van der Waals surface area contributed by atoms with Gasteiger partial charge in [-0.2, -0.15) is 0 Å². The maximum atomic E-state index is 12.3. The molecule has 28 heavy (non-hydrogen) atoms. The number of carbonyl (C=O) groups is 1. The molecule has 146 valence electrons. The Bertz CT molecular complexity index is 972. The predicted octanol–water partition coefficient (Wildman–Crippen LogP) is 5.77. The van der Waals surface area contributed by atoms with Crippen molar-refractivity contribution in [2.75, 3.05) is 23.6 Å². The fraction of sp³-hybridized carbons (Fsp3) is 0.238. The maximum absolute atomic E-state index is 12.3. The molecule has 5 nitrogen and oxygen atoms in total. The number of rotatable bonds is 7. The number of benzene rings is 2. The molecule has 0 bridgehead atoms. The van der Waals surface area contributed by atoms with Crippen molar-refractivity contribution in [3.8, 4) is 17.0 Å². The van der Waals surface area contributed by atoms with Crippen LogP contribution in [0.2, 0.25) is 0 Å². The lowest BCUT2D eigenvalue weighted by Crippen LogP contribution is -2.32. The van der Waals surface area contributed by atoms with E-state index in [1.165, 1.54) is 11.3 Å². The Labute approximate surface area is 173 Å². The lowest BCUT2D eigenvalue weighted by atomic mass is 9.95. The topological polar surface area (TPSA) is 63.2 Å². The van der Waals surface area contributed by atoms with Gasteiger partial charge in [-0.05, 0) is 38.1 Å². The second-order valence-corrected chi connectivity index (χ2v) is 8.04. The number of amides is 1. The third kappa shape index (κ3) is 4.64. The molecule has 0 unspecified atom stereocenters. The molecular weight excluding hydrogens is 394 g/mol. The number of anilines is 3. The van der Waals surface area contributed by atoms with Gasteiger partial charge in [0, 0.05) is 22.5 Å². The van der Waals surface area contributed by atoms with Crippen LogP contribution in [-0.4, -0.2) is 23.9 Å². The Kier molecular flexibility index (Phi) is 6.21. The van der Waals surface area contributed by atoms with E-state index in [0.29, 0.717) is 5.69 Å². The molecule has 0 saturated heterocycles. The first-order valence-electron chi connectivity index (χ1n) is 8.76. The van der Waals surface area contributed by atoms with Crippen LogP contribution in [-0.2, 0) is 4.79 Å². The fourth-order valence-corrected chi connectivity index (χ4v) is 3.30. The van der Waals surface area contributed by atoms with Gasteiger partial charge in [-0.15, -0.1) is 22.9 Å². The van der Waals surface area contributed by atoms with Crippen molar-refractivity contribution in [1.82, 2.24) is 4.98 Å². The molecular formula is C21H22ClN3O2S. The molecule has 0 fully saturated rings. The zero-order valence-electron chi connectivity index (χ0n) is 16.0. The van der Waals surface area contributed by atoms with Crippen molar-refractivity contribution >= 4 is 45.4 Å². The standard InChI is InChI=1S/C21H22ClN3O2S/c1-21(2,13-22)19(26)23-15-8-6-7-14(11-15)17-12-28-20(25-17)24-16-9-4-5-10-18(16)27-3/h4-12H,13H2,1-3H3,(H,23,26)(H,24,25). The summed E-state index contributed by atoms with van der Waals surface area (Å²) in [5.74, 6) is 0.894. The number of alkyl halides is 1. The minimum absolute atomic E-state index is 0.114. The molecule has 0 saturated carbocycles. The van der Waals surface area contributed by atoms with Crippen LogP contribution in [0.3, 0.4) is 0 Å². The summed E-state index contributed by atoms with van der Waals surface area (Å²) in [7, 11) is 1.64. The number of ether oxygens (including phenoxy) is 1. The largest absolute Gasteiger partial charge is 0.495 e. The molecule has 0 aliphatic heterocycles. The van der Waals surface area contributed by atoms with E-state index in [1.807, 2.05) is 67.8 Å². The summed E-state index contributed by atoms with van der Waals surface area (Å²) < 4.78 is 5.36. The normalized spacial score (nSPS) is 11.1. The number of halogens is 1. The van der Waals surface area contributed by atoms with Gasteiger partial charge >= 0.3 is 0 Å². The molecule has 0 aliphatic carbocycles. The number of aromatic nitrogens is 1. The number of hydrogen-bond acceptors (Lipinski definition) is 5. The lowest BCUT2D eigenvalue weighted by molar-refractivity contribution is -0.122. The van der Waals surface area contributed by atoms with Crippen LogP contribution >= 0.6 is 22.9 Å². The maximum Gasteiger partial charge on any atom is 0.231 e. The lowest BCUT2D eigenvalue weighted by Gasteiger charge is -2.20. The molecule has 3 rings (SSSR count). The van der Waals surface area contributed by atoms with E-state index in [0.717, 1.165) is 27.8 Å². The third-order valence-corrected chi connectivity index (χ3v) is 5.64. The Hall–Kier alpha value is -2.57. The molecule has 0 spiro atoms. The minimum atomic E-state index is -0.635. The Morgan fingerprint density at radius 2 is 2.00 bits per heavy atom. The van der Waals surface area contributed by atoms with Gasteiger partial charge in [0.05, 0.1) is 23.9 Å². The van der Waals surface area contributed by atoms with Crippen LogP contribution < -0.4 is 15.4 Å². The monoisotopic (exact) mass is 415 g/mol. The zero-order valence-corrected chi connectivity index (χ0v) is 17.5. The van der Waals surface area contributed by atoms with Crippen LogP contribution in [0, 0.1) is 5.41 Å². The highest BCUT2D eigenvalue weighted by atomic mass is 35.5. The molecule has 1 aromatic heterocycles. The van der Waals surface area contributed by atoms with Crippen LogP contribution in [0.5, 0.6) is 5.75 Å². The molecule has 0 radical (unpaired) electrons. The highest BCUT2D eigenvalue weighted by Crippen LogP contribution is 2.32. The summed E-state index contributed by atoms with van der Waals surface area (Å²) in [4.78, 5) is 17.0. The first-order chi connectivity index (χ1) is 13.4. The summed E-state index contributed by atoms with van der Waals surface area (Å²) in [6, 6.07) is 15.3. The van der Waals surface area contributed by atoms with E-state index in [2.05, 4.69) is 15.6 Å². The number of nitrogens with one attached hydrogen (secondary N) is 2. The zero-order chi connectivity index (χ0) is 20.1. The van der Waals surface area contributed by atoms with E-state index in [-0.39, 0.29) is 11.8 Å². The Morgan fingerprint density at radius 1 is 1.21 bits per heavy atom. The molecule has 7 heteroatoms. The van der Waals surface area contributed by atoms with E-state index >= 15 is 0 Å². The van der Waals surface area contributed by atoms with Gasteiger partial charge in [0.25, 0.3) is 0 Å². The fourth-order valence-electron chi connectivity index (χ4n) is 2.44. The first kappa shape index (κ1) is 20.2. The Morgan fingerprint density at radius 3 is 2.75 bits per heavy atom. The highest BCUT2D eigenvalue weighted by molar-refractivity contribution is 7.14. The first-order valence-corrected chi connectivity index (χ1v) is 10.2. The molecule has 2 N–H and O–H groups in total. The summed E-state index contributed by atoms with van der Waals surface area (Å²) in [6.45, 7) is 3.63. The smallest absolute Gasteiger partial charge is 0.231 e. The average molecular weight is 416 g/mol. The second-order valence-electron chi connectivity index (χ2n) is 6.92. The second kappa shape index (κ2) is 8.63. The highest BCUT2D eigenvalue weighted by Gasteiger charge is 2.26. The van der Waals surface area contributed by atoms with E-state index in [9.17, 15) is 4.79 Å². The quantitative estimate of drug-likeness (QED) is 0.481. The van der Waals surface area contributed by atoms with Gasteiger partial charge in [-0.3, -0.25) is 4.79 Å². The average Bonchev–Trinajstić information content (AvgIpc) is 3.17. The minimum Gasteiger partial charge on any atom is -0.495 e. The summed E-state index contributed by atoms with van der Waals surface area (Å²) in [6.07, 6.45) is 0. The summed E-state index contributed by atoms with van der Waals surface area (Å²) in [5.41, 5.74) is 2.69. The third-order valence-electron chi connectivity index (χ3n) is 4.22. The summed E-state index contributed by atoms with van der Waals surface area (Å²) >= 11 is 7.39. The molecule has 2 aromatic carbocycles. The van der Waals surface area contributed by atoms with Crippen LogP contribution in [0.15, 0.2) is 53.9 Å².